The number of benzene rings is 1. The highest BCUT2D eigenvalue weighted by atomic mass is 35.5. The van der Waals surface area contributed by atoms with Gasteiger partial charge in [-0.15, -0.1) is 0 Å². The minimum Gasteiger partial charge on any atom is -0.431 e. The number of aliphatic hydroxyl groups is 2. The number of pyridine rings is 1. The number of halogens is 2. The summed E-state index contributed by atoms with van der Waals surface area (Å²) in [6.45, 7) is 3.53. The molecule has 51 heavy (non-hydrogen) atoms. The van der Waals surface area contributed by atoms with E-state index in [0.717, 1.165) is 37.8 Å². The maximum atomic E-state index is 14.0. The van der Waals surface area contributed by atoms with Crippen LogP contribution in [0.4, 0.5) is 10.1 Å². The van der Waals surface area contributed by atoms with Crippen LogP contribution in [0, 0.1) is 23.1 Å². The fraction of sp³-hybridized carbons (Fsp3) is 0.515. The SMILES string of the molecule is CC(C)C(=O)OCOC(=O)[C@H](C)NP(=O)(COC[C@H]1O[C@@H](n2ccc3c(NC4CCCC4)c(C#N)c(Cl)nc32)[C@H](O)[C@@H]1O)Oc1ccc(F)cc1. The molecule has 0 bridgehead atoms. The third kappa shape index (κ3) is 9.17. The van der Waals surface area contributed by atoms with Gasteiger partial charge in [0.25, 0.3) is 0 Å². The Labute approximate surface area is 298 Å². The molecule has 1 saturated heterocycles. The summed E-state index contributed by atoms with van der Waals surface area (Å²) in [5, 5.41) is 38.3. The van der Waals surface area contributed by atoms with Crippen molar-refractivity contribution in [2.75, 3.05) is 25.1 Å². The minimum absolute atomic E-state index is 0.00175. The van der Waals surface area contributed by atoms with Crippen LogP contribution in [0.5, 0.6) is 5.75 Å². The standard InChI is InChI=1S/C33H40ClFN5O10P/c1-18(2)32(43)47-16-48-33(44)19(3)39-51(45,50-22-10-8-20(35)9-11-22)17-46-15-25-27(41)28(42)31(49-25)40-13-12-23-26(37-21-6-4-5-7-21)24(14-36)29(34)38-30(23)40/h8-13,18-19,21,25,27-28,31,41-42H,4-7,15-17H2,1-3H3,(H,37,38)(H,39,45)/t19-,25+,27+,28+,31+,51?/m0/s1. The number of fused-ring (bicyclic) bond motifs is 1. The van der Waals surface area contributed by atoms with Gasteiger partial charge in [-0.2, -0.15) is 5.26 Å². The van der Waals surface area contributed by atoms with Crippen LogP contribution < -0.4 is 14.9 Å². The lowest BCUT2D eigenvalue weighted by molar-refractivity contribution is -0.170. The zero-order valence-electron chi connectivity index (χ0n) is 28.2. The number of hydrogen-bond donors (Lipinski definition) is 4. The molecular formula is C33H40ClFN5O10P. The Morgan fingerprint density at radius 3 is 2.49 bits per heavy atom. The van der Waals surface area contributed by atoms with Gasteiger partial charge in [-0.3, -0.25) is 14.2 Å². The second kappa shape index (κ2) is 16.7. The first-order chi connectivity index (χ1) is 24.3. The van der Waals surface area contributed by atoms with Gasteiger partial charge >= 0.3 is 19.5 Å². The highest BCUT2D eigenvalue weighted by Crippen LogP contribution is 2.44. The highest BCUT2D eigenvalue weighted by Gasteiger charge is 2.45. The fourth-order valence-corrected chi connectivity index (χ4v) is 7.70. The lowest BCUT2D eigenvalue weighted by Crippen LogP contribution is -2.37. The predicted molar refractivity (Wildman–Crippen MR) is 181 cm³/mol. The number of aliphatic hydroxyl groups excluding tert-OH is 2. The monoisotopic (exact) mass is 751 g/mol. The van der Waals surface area contributed by atoms with E-state index in [1.54, 1.807) is 26.1 Å². The summed E-state index contributed by atoms with van der Waals surface area (Å²) in [6.07, 6.45) is -0.181. The van der Waals surface area contributed by atoms with Gasteiger partial charge in [0.1, 0.15) is 59.5 Å². The molecule has 3 aromatic rings. The van der Waals surface area contributed by atoms with Gasteiger partial charge in [0.05, 0.1) is 18.2 Å². The molecule has 0 radical (unpaired) electrons. The van der Waals surface area contributed by atoms with Gasteiger partial charge in [-0.25, -0.2) is 14.5 Å². The third-order valence-corrected chi connectivity index (χ3v) is 10.6. The number of ether oxygens (including phenoxy) is 4. The van der Waals surface area contributed by atoms with Crippen LogP contribution in [0.3, 0.4) is 0 Å². The number of anilines is 1. The van der Waals surface area contributed by atoms with Crippen LogP contribution in [-0.2, 0) is 33.1 Å². The van der Waals surface area contributed by atoms with Gasteiger partial charge in [0.15, 0.2) is 11.4 Å². The Morgan fingerprint density at radius 2 is 1.82 bits per heavy atom. The molecule has 0 amide bonds. The lowest BCUT2D eigenvalue weighted by Gasteiger charge is -2.24. The molecule has 6 atom stereocenters. The zero-order chi connectivity index (χ0) is 36.9. The molecule has 0 spiro atoms. The van der Waals surface area contributed by atoms with Gasteiger partial charge in [0.2, 0.25) is 6.79 Å². The number of hydrogen-bond acceptors (Lipinski definition) is 13. The van der Waals surface area contributed by atoms with Crippen molar-refractivity contribution in [2.45, 2.75) is 83.1 Å². The van der Waals surface area contributed by atoms with Crippen LogP contribution in [0.15, 0.2) is 36.5 Å². The summed E-state index contributed by atoms with van der Waals surface area (Å²) in [5.74, 6) is -2.49. The van der Waals surface area contributed by atoms with Crippen LogP contribution >= 0.6 is 19.1 Å². The Morgan fingerprint density at radius 1 is 1.14 bits per heavy atom. The zero-order valence-corrected chi connectivity index (χ0v) is 29.8. The van der Waals surface area contributed by atoms with Gasteiger partial charge < -0.3 is 43.6 Å². The Balaban J connectivity index is 1.27. The second-order valence-corrected chi connectivity index (χ2v) is 15.1. The molecule has 15 nitrogen and oxygen atoms in total. The number of carbonyl (C=O) groups excluding carboxylic acids is 2. The molecule has 2 aromatic heterocycles. The van der Waals surface area contributed by atoms with E-state index in [4.69, 9.17) is 35.1 Å². The first kappa shape index (κ1) is 38.4. The van der Waals surface area contributed by atoms with E-state index < -0.39 is 74.9 Å². The molecule has 1 saturated carbocycles. The molecular weight excluding hydrogens is 712 g/mol. The largest absolute Gasteiger partial charge is 0.431 e. The summed E-state index contributed by atoms with van der Waals surface area (Å²) >= 11 is 6.43. The van der Waals surface area contributed by atoms with E-state index in [1.807, 2.05) is 0 Å². The summed E-state index contributed by atoms with van der Waals surface area (Å²) in [4.78, 5) is 28.6. The first-order valence-electron chi connectivity index (χ1n) is 16.4. The number of esters is 2. The third-order valence-electron chi connectivity index (χ3n) is 8.47. The van der Waals surface area contributed by atoms with Crippen molar-refractivity contribution in [2.24, 2.45) is 5.92 Å². The molecule has 1 aliphatic carbocycles. The molecule has 276 valence electrons. The molecule has 2 aliphatic rings. The smallest absolute Gasteiger partial charge is 0.342 e. The van der Waals surface area contributed by atoms with Crippen molar-refractivity contribution in [3.63, 3.8) is 0 Å². The normalized spacial score (nSPS) is 22.4. The summed E-state index contributed by atoms with van der Waals surface area (Å²) in [6, 6.07) is 7.41. The molecule has 4 N–H and O–H groups in total. The molecule has 1 aliphatic heterocycles. The van der Waals surface area contributed by atoms with E-state index in [-0.39, 0.29) is 29.1 Å². The van der Waals surface area contributed by atoms with E-state index in [1.165, 1.54) is 23.6 Å². The van der Waals surface area contributed by atoms with Gasteiger partial charge in [-0.1, -0.05) is 38.3 Å². The summed E-state index contributed by atoms with van der Waals surface area (Å²) < 4.78 is 56.1. The number of rotatable bonds is 15. The Kier molecular flexibility index (Phi) is 12.6. The fourth-order valence-electron chi connectivity index (χ4n) is 5.80. The first-order valence-corrected chi connectivity index (χ1v) is 18.6. The Hall–Kier alpha value is -3.81. The summed E-state index contributed by atoms with van der Waals surface area (Å²) in [5.41, 5.74) is 1.05. The van der Waals surface area contributed by atoms with Crippen molar-refractivity contribution in [3.8, 4) is 11.8 Å². The molecule has 18 heteroatoms. The van der Waals surface area contributed by atoms with Crippen LogP contribution in [0.25, 0.3) is 11.0 Å². The minimum atomic E-state index is -4.12. The van der Waals surface area contributed by atoms with Crippen LogP contribution in [0.1, 0.15) is 58.2 Å². The molecule has 2 fully saturated rings. The maximum absolute atomic E-state index is 14.0. The molecule has 5 rings (SSSR count). The van der Waals surface area contributed by atoms with Crippen molar-refractivity contribution in [3.05, 3.63) is 53.1 Å². The van der Waals surface area contributed by atoms with Crippen molar-refractivity contribution in [1.82, 2.24) is 14.6 Å². The van der Waals surface area contributed by atoms with E-state index in [2.05, 4.69) is 21.5 Å². The number of aromatic nitrogens is 2. The van der Waals surface area contributed by atoms with Crippen molar-refractivity contribution in [1.29, 1.82) is 5.26 Å². The van der Waals surface area contributed by atoms with E-state index >= 15 is 0 Å². The van der Waals surface area contributed by atoms with E-state index in [0.29, 0.717) is 16.7 Å². The highest BCUT2D eigenvalue weighted by molar-refractivity contribution is 7.57. The average molecular weight is 752 g/mol. The average Bonchev–Trinajstić information content (AvgIpc) is 3.82. The number of nitrogens with one attached hydrogen (secondary N) is 2. The van der Waals surface area contributed by atoms with Crippen LogP contribution in [-0.4, -0.2) is 81.8 Å². The number of carbonyl (C=O) groups is 2. The molecule has 3 heterocycles. The van der Waals surface area contributed by atoms with Crippen molar-refractivity contribution < 1.29 is 52.2 Å². The summed E-state index contributed by atoms with van der Waals surface area (Å²) in [7, 11) is -4.12. The molecule has 1 aromatic carbocycles. The van der Waals surface area contributed by atoms with Gasteiger partial charge in [-0.05, 0) is 50.1 Å². The lowest BCUT2D eigenvalue weighted by atomic mass is 10.1. The maximum Gasteiger partial charge on any atom is 0.342 e. The van der Waals surface area contributed by atoms with Gasteiger partial charge in [0, 0.05) is 17.6 Å². The molecule has 1 unspecified atom stereocenters. The second-order valence-electron chi connectivity index (χ2n) is 12.7. The van der Waals surface area contributed by atoms with Crippen molar-refractivity contribution >= 4 is 47.8 Å². The number of nitriles is 1. The Bertz CT molecular complexity index is 1800. The predicted octanol–water partition coefficient (Wildman–Crippen LogP) is 4.60. The van der Waals surface area contributed by atoms with Crippen LogP contribution in [0.2, 0.25) is 5.15 Å². The number of nitrogens with zero attached hydrogens (tertiary/aromatic N) is 3. The topological polar surface area (TPSA) is 203 Å². The quantitative estimate of drug-likeness (QED) is 0.0726. The van der Waals surface area contributed by atoms with E-state index in [9.17, 15) is 34.0 Å².